The van der Waals surface area contributed by atoms with Crippen molar-refractivity contribution in [2.45, 2.75) is 63.2 Å². The minimum absolute atomic E-state index is 0.00736. The lowest BCUT2D eigenvalue weighted by atomic mass is 9.23. The molecule has 2 heteroatoms. The number of hydrogen-bond acceptors (Lipinski definition) is 2. The van der Waals surface area contributed by atoms with E-state index in [-0.39, 0.29) is 11.4 Å². The van der Waals surface area contributed by atoms with Crippen LogP contribution in [0, 0.1) is 159 Å². The van der Waals surface area contributed by atoms with Gasteiger partial charge in [0.2, 0.25) is 0 Å². The zero-order valence-corrected chi connectivity index (χ0v) is 31.2. The standard InChI is InChI=1S/C51H54O2/c1-53-28(52)8-5-9-50(25-6-3-2-4-7-25)48-26-16-23-14-20-12-21-11-18-10-19-13-22-15-24-17-27(48)51(50)47(24)45-34(22)38-30(19)29(18)36-33(21)37-31(20)32(23)39-35(26)49(51)46-43(39)41(37)40(36)42(38)44(45)46/h2-4,6-7,15-16,18-21,23-24,27,29-44,46,48-49H,5,8-14,17H2,1H3. The minimum Gasteiger partial charge on any atom is -0.469 e. The van der Waals surface area contributed by atoms with Crippen LogP contribution in [0.3, 0.4) is 0 Å². The van der Waals surface area contributed by atoms with Gasteiger partial charge >= 0.3 is 5.97 Å². The Bertz CT molecular complexity index is 2160. The van der Waals surface area contributed by atoms with Crippen molar-refractivity contribution in [1.29, 1.82) is 0 Å². The topological polar surface area (TPSA) is 26.3 Å². The Morgan fingerprint density at radius 3 is 2.26 bits per heavy atom. The molecular formula is C51H54O2. The molecule has 2 nitrogen and oxygen atoms in total. The van der Waals surface area contributed by atoms with Gasteiger partial charge in [0.05, 0.1) is 7.11 Å². The maximum Gasteiger partial charge on any atom is 0.305 e. The summed E-state index contributed by atoms with van der Waals surface area (Å²) in [6.07, 6.45) is 18.4. The molecule has 15 saturated carbocycles. The molecule has 0 aliphatic heterocycles. The Kier molecular flexibility index (Phi) is 4.10. The fourth-order valence-electron chi connectivity index (χ4n) is 26.1. The molecule has 0 aromatic heterocycles. The SMILES string of the molecule is COC(=O)CCCC1(c2ccccc2)C2C3=CC4CC5CC6CC7CC8CC9=CC%10CC2C12C%10=C1C9C9C8C7C7C6C6C5C4C4C3C2C2C1C9C7C6C42. The smallest absolute Gasteiger partial charge is 0.305 e. The quantitative estimate of drug-likeness (QED) is 0.227. The number of hydrogen-bond donors (Lipinski definition) is 0. The predicted molar refractivity (Wildman–Crippen MR) is 198 cm³/mol. The van der Waals surface area contributed by atoms with Gasteiger partial charge in [-0.15, -0.1) is 0 Å². The maximum absolute atomic E-state index is 12.9. The van der Waals surface area contributed by atoms with Gasteiger partial charge in [-0.3, -0.25) is 4.79 Å². The van der Waals surface area contributed by atoms with Crippen LogP contribution in [0.15, 0.2) is 64.8 Å². The first-order chi connectivity index (χ1) is 26.2. The number of carbonyl (C=O) groups is 1. The van der Waals surface area contributed by atoms with Gasteiger partial charge in [-0.25, -0.2) is 0 Å². The molecule has 1 aromatic rings. The summed E-state index contributed by atoms with van der Waals surface area (Å²) in [5, 5.41) is 0. The summed E-state index contributed by atoms with van der Waals surface area (Å²) >= 11 is 0. The number of allylic oxidation sites excluding steroid dienone is 6. The number of methoxy groups -OCH3 is 1. The van der Waals surface area contributed by atoms with Crippen LogP contribution in [0.4, 0.5) is 0 Å². The Hall–Kier alpha value is -2.09. The summed E-state index contributed by atoms with van der Waals surface area (Å²) in [4.78, 5) is 12.9. The Balaban J connectivity index is 0.993. The van der Waals surface area contributed by atoms with Gasteiger partial charge in [-0.2, -0.15) is 0 Å². The first kappa shape index (κ1) is 27.5. The molecule has 1 aromatic carbocycles. The molecule has 2 bridgehead atoms. The number of carbonyl (C=O) groups excluding carboxylic acids is 1. The molecule has 270 valence electrons. The second-order valence-electron chi connectivity index (χ2n) is 23.8. The molecular weight excluding hydrogens is 645 g/mol. The van der Waals surface area contributed by atoms with Crippen molar-refractivity contribution < 1.29 is 9.53 Å². The van der Waals surface area contributed by atoms with Gasteiger partial charge in [0, 0.05) is 23.2 Å². The summed E-state index contributed by atoms with van der Waals surface area (Å²) in [5.41, 5.74) is 10.6. The summed E-state index contributed by atoms with van der Waals surface area (Å²) < 4.78 is 5.35. The molecule has 15 fully saturated rings. The molecule has 0 heterocycles. The molecule has 19 rings (SSSR count). The number of ether oxygens (including phenoxy) is 1. The number of rotatable bonds is 5. The molecule has 0 amide bonds. The lowest BCUT2D eigenvalue weighted by Crippen LogP contribution is -2.77. The second kappa shape index (κ2) is 7.90. The van der Waals surface area contributed by atoms with Crippen LogP contribution < -0.4 is 0 Å². The van der Waals surface area contributed by atoms with Crippen LogP contribution in [0.25, 0.3) is 0 Å². The number of benzene rings is 1. The lowest BCUT2D eigenvalue weighted by molar-refractivity contribution is -0.209. The Labute approximate surface area is 314 Å². The molecule has 0 saturated heterocycles. The normalized spacial score (nSPS) is 68.6. The molecule has 18 aliphatic carbocycles. The van der Waals surface area contributed by atoms with E-state index < -0.39 is 0 Å². The van der Waals surface area contributed by atoms with Crippen molar-refractivity contribution >= 4 is 5.97 Å². The zero-order valence-electron chi connectivity index (χ0n) is 31.2. The summed E-state index contributed by atoms with van der Waals surface area (Å²) in [5.74, 6) is 26.0. The highest BCUT2D eigenvalue weighted by atomic mass is 16.5. The maximum atomic E-state index is 12.9. The molecule has 18 aliphatic rings. The molecule has 28 unspecified atom stereocenters. The first-order valence-electron chi connectivity index (χ1n) is 23.5. The van der Waals surface area contributed by atoms with E-state index in [0.717, 1.165) is 154 Å². The molecule has 28 atom stereocenters. The highest BCUT2D eigenvalue weighted by Crippen LogP contribution is 2.97. The second-order valence-corrected chi connectivity index (χ2v) is 23.8. The largest absolute Gasteiger partial charge is 0.469 e. The van der Waals surface area contributed by atoms with Crippen molar-refractivity contribution in [2.75, 3.05) is 7.11 Å². The molecule has 0 radical (unpaired) electrons. The third-order valence-electron chi connectivity index (χ3n) is 24.6. The third kappa shape index (κ3) is 2.24. The van der Waals surface area contributed by atoms with Crippen molar-refractivity contribution in [3.8, 4) is 0 Å². The highest BCUT2D eigenvalue weighted by molar-refractivity contribution is 5.69. The van der Waals surface area contributed by atoms with E-state index in [2.05, 4.69) is 59.2 Å². The fraction of sp³-hybridized carbons (Fsp3) is 0.745. The third-order valence-corrected chi connectivity index (χ3v) is 24.6. The predicted octanol–water partition coefficient (Wildman–Crippen LogP) is 9.00. The Morgan fingerprint density at radius 2 is 1.42 bits per heavy atom. The molecule has 1 spiro atoms. The summed E-state index contributed by atoms with van der Waals surface area (Å²) in [6.45, 7) is 0. The van der Waals surface area contributed by atoms with E-state index >= 15 is 0 Å². The van der Waals surface area contributed by atoms with Gasteiger partial charge in [0.25, 0.3) is 0 Å². The van der Waals surface area contributed by atoms with Crippen LogP contribution in [-0.4, -0.2) is 13.1 Å². The van der Waals surface area contributed by atoms with Crippen molar-refractivity contribution in [3.63, 3.8) is 0 Å². The average molecular weight is 699 g/mol. The average Bonchev–Trinajstić information content (AvgIpc) is 4.00. The van der Waals surface area contributed by atoms with Gasteiger partial charge < -0.3 is 4.74 Å². The van der Waals surface area contributed by atoms with E-state index in [9.17, 15) is 4.79 Å². The van der Waals surface area contributed by atoms with Crippen molar-refractivity contribution in [2.24, 2.45) is 159 Å². The van der Waals surface area contributed by atoms with Gasteiger partial charge in [-0.05, 0) is 205 Å². The van der Waals surface area contributed by atoms with E-state index in [1.807, 2.05) is 5.57 Å². The van der Waals surface area contributed by atoms with Crippen LogP contribution >= 0.6 is 0 Å². The van der Waals surface area contributed by atoms with Crippen LogP contribution in [0.5, 0.6) is 0 Å². The first-order valence-corrected chi connectivity index (χ1v) is 23.5. The van der Waals surface area contributed by atoms with Gasteiger partial charge in [-0.1, -0.05) is 64.8 Å². The van der Waals surface area contributed by atoms with Crippen molar-refractivity contribution in [1.82, 2.24) is 0 Å². The highest BCUT2D eigenvalue weighted by Gasteiger charge is 2.93. The van der Waals surface area contributed by atoms with Crippen LogP contribution in [0.2, 0.25) is 0 Å². The van der Waals surface area contributed by atoms with Crippen molar-refractivity contribution in [3.05, 3.63) is 70.3 Å². The van der Waals surface area contributed by atoms with Gasteiger partial charge in [0.15, 0.2) is 0 Å². The Morgan fingerprint density at radius 1 is 0.717 bits per heavy atom. The lowest BCUT2D eigenvalue weighted by Gasteiger charge is -2.79. The molecule has 0 N–H and O–H groups in total. The summed E-state index contributed by atoms with van der Waals surface area (Å²) in [7, 11) is 1.61. The van der Waals surface area contributed by atoms with Crippen LogP contribution in [-0.2, 0) is 14.9 Å². The van der Waals surface area contributed by atoms with Crippen LogP contribution in [0.1, 0.15) is 63.4 Å². The van der Waals surface area contributed by atoms with E-state index in [4.69, 9.17) is 4.74 Å². The molecule has 53 heavy (non-hydrogen) atoms. The monoisotopic (exact) mass is 698 g/mol. The zero-order chi connectivity index (χ0) is 33.5. The van der Waals surface area contributed by atoms with E-state index in [0.29, 0.717) is 17.8 Å². The number of esters is 1. The summed E-state index contributed by atoms with van der Waals surface area (Å²) in [6, 6.07) is 12.3. The van der Waals surface area contributed by atoms with E-state index in [1.54, 1.807) is 38.4 Å². The fourth-order valence-corrected chi connectivity index (χ4v) is 26.1. The van der Waals surface area contributed by atoms with Gasteiger partial charge in [0.1, 0.15) is 0 Å². The minimum atomic E-state index is 0.00736. The van der Waals surface area contributed by atoms with E-state index in [1.165, 1.54) is 19.3 Å².